The molecule has 0 aliphatic rings. The van der Waals surface area contributed by atoms with E-state index in [0.29, 0.717) is 0 Å². The summed E-state index contributed by atoms with van der Waals surface area (Å²) in [5.41, 5.74) is 10.2. The molecule has 3 heteroatoms. The zero-order valence-corrected chi connectivity index (χ0v) is 4.46. The van der Waals surface area contributed by atoms with E-state index in [1.165, 1.54) is 6.34 Å². The van der Waals surface area contributed by atoms with E-state index in [9.17, 15) is 0 Å². The molecule has 0 rings (SSSR count). The van der Waals surface area contributed by atoms with Crippen LogP contribution < -0.4 is 11.5 Å². The molecule has 0 saturated carbocycles. The van der Waals surface area contributed by atoms with Crippen LogP contribution in [0, 0.1) is 0 Å². The summed E-state index contributed by atoms with van der Waals surface area (Å²) in [6.07, 6.45) is 1.96. The van der Waals surface area contributed by atoms with Crippen LogP contribution in [0.2, 0.25) is 0 Å². The number of hydrogen-bond acceptors (Lipinski definition) is 2. The molecular formula is C4H11N3. The monoisotopic (exact) mass is 101 g/mol. The van der Waals surface area contributed by atoms with Crippen LogP contribution in [0.3, 0.4) is 0 Å². The Kier molecular flexibility index (Phi) is 3.32. The van der Waals surface area contributed by atoms with Gasteiger partial charge in [0.1, 0.15) is 0 Å². The van der Waals surface area contributed by atoms with Crippen LogP contribution >= 0.6 is 0 Å². The summed E-state index contributed by atoms with van der Waals surface area (Å²) >= 11 is 0. The molecule has 1 atom stereocenters. The van der Waals surface area contributed by atoms with Crippen molar-refractivity contribution in [2.24, 2.45) is 16.5 Å². The predicted molar refractivity (Wildman–Crippen MR) is 30.9 cm³/mol. The van der Waals surface area contributed by atoms with E-state index in [2.05, 4.69) is 4.99 Å². The summed E-state index contributed by atoms with van der Waals surface area (Å²) in [5.74, 6) is 0. The minimum Gasteiger partial charge on any atom is -0.390 e. The van der Waals surface area contributed by atoms with Gasteiger partial charge < -0.3 is 11.5 Å². The molecule has 0 saturated heterocycles. The minimum atomic E-state index is -0.106. The average molecular weight is 101 g/mol. The predicted octanol–water partition coefficient (Wildman–Crippen LogP) is -0.332. The zero-order chi connectivity index (χ0) is 5.70. The molecule has 0 aromatic carbocycles. The van der Waals surface area contributed by atoms with Crippen LogP contribution in [-0.2, 0) is 0 Å². The first kappa shape index (κ1) is 6.43. The fourth-order valence-corrected chi connectivity index (χ4v) is 0.216. The Bertz CT molecular complexity index is 60.0. The molecule has 4 N–H and O–H groups in total. The maximum atomic E-state index is 5.31. The summed E-state index contributed by atoms with van der Waals surface area (Å²) in [6, 6.07) is 0. The summed E-state index contributed by atoms with van der Waals surface area (Å²) in [5, 5.41) is 0. The lowest BCUT2D eigenvalue weighted by Crippen LogP contribution is -2.16. The topological polar surface area (TPSA) is 64.4 Å². The largest absolute Gasteiger partial charge is 0.390 e. The van der Waals surface area contributed by atoms with Crippen LogP contribution in [0.4, 0.5) is 0 Å². The smallest absolute Gasteiger partial charge is 0.0983 e. The Morgan fingerprint density at radius 2 is 2.43 bits per heavy atom. The number of nitrogens with zero attached hydrogens (tertiary/aromatic N) is 1. The first-order valence-electron chi connectivity index (χ1n) is 2.30. The molecule has 0 aromatic rings. The SMILES string of the molecule is CCC(N)N=CN. The van der Waals surface area contributed by atoms with Gasteiger partial charge in [0, 0.05) is 0 Å². The van der Waals surface area contributed by atoms with Crippen molar-refractivity contribution in [1.82, 2.24) is 0 Å². The Hall–Kier alpha value is -0.570. The van der Waals surface area contributed by atoms with E-state index in [1.54, 1.807) is 0 Å². The van der Waals surface area contributed by atoms with Gasteiger partial charge in [0.05, 0.1) is 12.5 Å². The minimum absolute atomic E-state index is 0.106. The molecule has 0 bridgehead atoms. The van der Waals surface area contributed by atoms with Gasteiger partial charge in [0.15, 0.2) is 0 Å². The first-order chi connectivity index (χ1) is 3.31. The highest BCUT2D eigenvalue weighted by molar-refractivity contribution is 5.51. The zero-order valence-electron chi connectivity index (χ0n) is 4.46. The maximum absolute atomic E-state index is 5.31. The highest BCUT2D eigenvalue weighted by atomic mass is 14.9. The van der Waals surface area contributed by atoms with Crippen LogP contribution in [-0.4, -0.2) is 12.5 Å². The van der Waals surface area contributed by atoms with Gasteiger partial charge in [-0.15, -0.1) is 0 Å². The molecule has 0 amide bonds. The number of rotatable bonds is 2. The quantitative estimate of drug-likeness (QED) is 0.369. The molecule has 0 aliphatic heterocycles. The van der Waals surface area contributed by atoms with Crippen molar-refractivity contribution in [1.29, 1.82) is 0 Å². The summed E-state index contributed by atoms with van der Waals surface area (Å²) in [7, 11) is 0. The summed E-state index contributed by atoms with van der Waals surface area (Å²) in [6.45, 7) is 1.96. The van der Waals surface area contributed by atoms with Gasteiger partial charge in [-0.05, 0) is 6.42 Å². The van der Waals surface area contributed by atoms with Crippen LogP contribution in [0.5, 0.6) is 0 Å². The lowest BCUT2D eigenvalue weighted by Gasteiger charge is -1.96. The second-order valence-electron chi connectivity index (χ2n) is 1.27. The van der Waals surface area contributed by atoms with Gasteiger partial charge >= 0.3 is 0 Å². The van der Waals surface area contributed by atoms with Crippen LogP contribution in [0.1, 0.15) is 13.3 Å². The highest BCUT2D eigenvalue weighted by Crippen LogP contribution is 1.82. The average Bonchev–Trinajstić information content (AvgIpc) is 1.68. The molecule has 0 aliphatic carbocycles. The van der Waals surface area contributed by atoms with Crippen molar-refractivity contribution >= 4 is 6.34 Å². The molecule has 1 unspecified atom stereocenters. The van der Waals surface area contributed by atoms with E-state index in [0.717, 1.165) is 6.42 Å². The molecule has 3 nitrogen and oxygen atoms in total. The van der Waals surface area contributed by atoms with Crippen LogP contribution in [0.15, 0.2) is 4.99 Å². The van der Waals surface area contributed by atoms with E-state index in [-0.39, 0.29) is 6.17 Å². The Balaban J connectivity index is 3.16. The molecule has 0 heterocycles. The number of hydrogen-bond donors (Lipinski definition) is 2. The van der Waals surface area contributed by atoms with Crippen molar-refractivity contribution in [2.75, 3.05) is 0 Å². The third-order valence-corrected chi connectivity index (χ3v) is 0.696. The number of aliphatic imine (C=N–C) groups is 1. The Labute approximate surface area is 43.4 Å². The van der Waals surface area contributed by atoms with E-state index in [4.69, 9.17) is 11.5 Å². The second-order valence-corrected chi connectivity index (χ2v) is 1.27. The maximum Gasteiger partial charge on any atom is 0.0983 e. The molecule has 42 valence electrons. The molecule has 0 spiro atoms. The van der Waals surface area contributed by atoms with Gasteiger partial charge in [-0.25, -0.2) is 0 Å². The van der Waals surface area contributed by atoms with Crippen LogP contribution in [0.25, 0.3) is 0 Å². The van der Waals surface area contributed by atoms with Gasteiger partial charge in [-0.2, -0.15) is 0 Å². The third kappa shape index (κ3) is 3.26. The molecule has 0 aromatic heterocycles. The van der Waals surface area contributed by atoms with Crippen molar-refractivity contribution < 1.29 is 0 Å². The molecule has 0 fully saturated rings. The molecule has 7 heavy (non-hydrogen) atoms. The lowest BCUT2D eigenvalue weighted by molar-refractivity contribution is 0.686. The van der Waals surface area contributed by atoms with Gasteiger partial charge in [-0.1, -0.05) is 6.92 Å². The van der Waals surface area contributed by atoms with E-state index < -0.39 is 0 Å². The standard InChI is InChI=1S/C4H11N3/c1-2-4(6)7-3-5/h3-4H,2,6H2,1H3,(H2,5,7). The molecule has 0 radical (unpaired) electrons. The molecular weight excluding hydrogens is 90.1 g/mol. The number of nitrogens with two attached hydrogens (primary N) is 2. The fourth-order valence-electron chi connectivity index (χ4n) is 0.216. The van der Waals surface area contributed by atoms with Crippen molar-refractivity contribution in [3.05, 3.63) is 0 Å². The van der Waals surface area contributed by atoms with Crippen molar-refractivity contribution in [2.45, 2.75) is 19.5 Å². The Morgan fingerprint density at radius 3 is 2.57 bits per heavy atom. The fraction of sp³-hybridized carbons (Fsp3) is 0.750. The van der Waals surface area contributed by atoms with Gasteiger partial charge in [0.2, 0.25) is 0 Å². The van der Waals surface area contributed by atoms with E-state index >= 15 is 0 Å². The third-order valence-electron chi connectivity index (χ3n) is 0.696. The van der Waals surface area contributed by atoms with E-state index in [1.807, 2.05) is 6.92 Å². The summed E-state index contributed by atoms with van der Waals surface area (Å²) in [4.78, 5) is 3.67. The first-order valence-corrected chi connectivity index (χ1v) is 2.30. The second kappa shape index (κ2) is 3.61. The summed E-state index contributed by atoms with van der Waals surface area (Å²) < 4.78 is 0. The van der Waals surface area contributed by atoms with Crippen molar-refractivity contribution in [3.8, 4) is 0 Å². The Morgan fingerprint density at radius 1 is 1.86 bits per heavy atom. The van der Waals surface area contributed by atoms with Gasteiger partial charge in [0.25, 0.3) is 0 Å². The highest BCUT2D eigenvalue weighted by Gasteiger charge is 1.87. The lowest BCUT2D eigenvalue weighted by atomic mass is 10.4. The van der Waals surface area contributed by atoms with Crippen molar-refractivity contribution in [3.63, 3.8) is 0 Å². The van der Waals surface area contributed by atoms with Gasteiger partial charge in [-0.3, -0.25) is 4.99 Å². The normalized spacial score (nSPS) is 15.1.